The van der Waals surface area contributed by atoms with E-state index >= 15 is 0 Å². The predicted octanol–water partition coefficient (Wildman–Crippen LogP) is 4.33. The monoisotopic (exact) mass is 268 g/mol. The van der Waals surface area contributed by atoms with Crippen molar-refractivity contribution in [1.29, 1.82) is 0 Å². The molecule has 106 valence electrons. The standard InChI is InChI=1S/C18H24N2/c1-5-13-10-14(6-2)16(15(7-3)11-13)18-17(19)12(4)8-9-20-18/h8-11H,5-7,19H2,1-4H3. The van der Waals surface area contributed by atoms with Gasteiger partial charge < -0.3 is 5.73 Å². The molecule has 20 heavy (non-hydrogen) atoms. The van der Waals surface area contributed by atoms with Gasteiger partial charge in [0, 0.05) is 11.8 Å². The summed E-state index contributed by atoms with van der Waals surface area (Å²) in [5.41, 5.74) is 14.5. The number of anilines is 1. The van der Waals surface area contributed by atoms with Gasteiger partial charge in [-0.3, -0.25) is 4.98 Å². The summed E-state index contributed by atoms with van der Waals surface area (Å²) in [7, 11) is 0. The fourth-order valence-electron chi connectivity index (χ4n) is 2.67. The Balaban J connectivity index is 2.74. The Bertz CT molecular complexity index is 590. The molecule has 0 bridgehead atoms. The van der Waals surface area contributed by atoms with E-state index in [1.54, 1.807) is 0 Å². The second-order valence-corrected chi connectivity index (χ2v) is 5.24. The lowest BCUT2D eigenvalue weighted by atomic mass is 9.90. The van der Waals surface area contributed by atoms with E-state index in [-0.39, 0.29) is 0 Å². The van der Waals surface area contributed by atoms with E-state index in [0.717, 1.165) is 36.2 Å². The third kappa shape index (κ3) is 2.55. The SMILES string of the molecule is CCc1cc(CC)c(-c2nccc(C)c2N)c(CC)c1. The van der Waals surface area contributed by atoms with Gasteiger partial charge in [0.1, 0.15) is 0 Å². The number of hydrogen-bond donors (Lipinski definition) is 1. The normalized spacial score (nSPS) is 10.8. The summed E-state index contributed by atoms with van der Waals surface area (Å²) in [4.78, 5) is 4.56. The highest BCUT2D eigenvalue weighted by Crippen LogP contribution is 2.33. The molecule has 2 rings (SSSR count). The minimum absolute atomic E-state index is 0.807. The van der Waals surface area contributed by atoms with Crippen LogP contribution in [0.2, 0.25) is 0 Å². The molecule has 0 spiro atoms. The average molecular weight is 268 g/mol. The van der Waals surface area contributed by atoms with Crippen LogP contribution in [0.3, 0.4) is 0 Å². The van der Waals surface area contributed by atoms with Crippen molar-refractivity contribution in [1.82, 2.24) is 4.98 Å². The molecular formula is C18H24N2. The van der Waals surface area contributed by atoms with Gasteiger partial charge in [-0.1, -0.05) is 32.9 Å². The van der Waals surface area contributed by atoms with E-state index in [1.807, 2.05) is 19.2 Å². The van der Waals surface area contributed by atoms with Crippen molar-refractivity contribution in [2.75, 3.05) is 5.73 Å². The molecule has 0 atom stereocenters. The molecule has 0 saturated carbocycles. The first-order valence-corrected chi connectivity index (χ1v) is 7.48. The van der Waals surface area contributed by atoms with Gasteiger partial charge in [0.2, 0.25) is 0 Å². The maximum atomic E-state index is 6.27. The van der Waals surface area contributed by atoms with Crippen LogP contribution < -0.4 is 5.73 Å². The number of nitrogens with zero attached hydrogens (tertiary/aromatic N) is 1. The van der Waals surface area contributed by atoms with E-state index in [2.05, 4.69) is 37.9 Å². The number of pyridine rings is 1. The molecule has 0 amide bonds. The molecule has 0 unspecified atom stereocenters. The van der Waals surface area contributed by atoms with Crippen LogP contribution in [-0.2, 0) is 19.3 Å². The van der Waals surface area contributed by atoms with Crippen molar-refractivity contribution < 1.29 is 0 Å². The van der Waals surface area contributed by atoms with E-state index in [1.165, 1.54) is 22.3 Å². The van der Waals surface area contributed by atoms with Crippen molar-refractivity contribution in [3.05, 3.63) is 46.6 Å². The quantitative estimate of drug-likeness (QED) is 0.896. The van der Waals surface area contributed by atoms with Crippen LogP contribution in [0.1, 0.15) is 43.0 Å². The Morgan fingerprint density at radius 1 is 1.00 bits per heavy atom. The Kier molecular flexibility index (Phi) is 4.43. The number of nitrogens with two attached hydrogens (primary N) is 1. The van der Waals surface area contributed by atoms with Crippen molar-refractivity contribution in [3.8, 4) is 11.3 Å². The van der Waals surface area contributed by atoms with E-state index in [0.29, 0.717) is 0 Å². The first-order chi connectivity index (χ1) is 9.62. The zero-order valence-corrected chi connectivity index (χ0v) is 13.0. The maximum absolute atomic E-state index is 6.27. The van der Waals surface area contributed by atoms with Crippen LogP contribution in [-0.4, -0.2) is 4.98 Å². The molecule has 2 aromatic rings. The summed E-state index contributed by atoms with van der Waals surface area (Å²) >= 11 is 0. The van der Waals surface area contributed by atoms with Crippen molar-refractivity contribution in [2.24, 2.45) is 0 Å². The van der Waals surface area contributed by atoms with E-state index in [4.69, 9.17) is 5.73 Å². The molecule has 1 aromatic heterocycles. The Labute approximate surface area is 122 Å². The van der Waals surface area contributed by atoms with Crippen LogP contribution in [0.4, 0.5) is 5.69 Å². The van der Waals surface area contributed by atoms with Crippen molar-refractivity contribution in [3.63, 3.8) is 0 Å². The largest absolute Gasteiger partial charge is 0.397 e. The van der Waals surface area contributed by atoms with Gasteiger partial charge in [-0.15, -0.1) is 0 Å². The summed E-state index contributed by atoms with van der Waals surface area (Å²) in [6.45, 7) is 8.64. The van der Waals surface area contributed by atoms with Crippen LogP contribution in [0.5, 0.6) is 0 Å². The number of nitrogen functional groups attached to an aromatic ring is 1. The predicted molar refractivity (Wildman–Crippen MR) is 87.0 cm³/mol. The fraction of sp³-hybridized carbons (Fsp3) is 0.389. The van der Waals surface area contributed by atoms with Gasteiger partial charge >= 0.3 is 0 Å². The van der Waals surface area contributed by atoms with Crippen LogP contribution >= 0.6 is 0 Å². The molecule has 0 aliphatic rings. The van der Waals surface area contributed by atoms with Gasteiger partial charge in [0.15, 0.2) is 0 Å². The number of aromatic nitrogens is 1. The maximum Gasteiger partial charge on any atom is 0.0939 e. The van der Waals surface area contributed by atoms with Gasteiger partial charge in [0.05, 0.1) is 11.4 Å². The zero-order chi connectivity index (χ0) is 14.7. The highest BCUT2D eigenvalue weighted by atomic mass is 14.7. The molecule has 0 radical (unpaired) electrons. The lowest BCUT2D eigenvalue weighted by Gasteiger charge is -2.17. The number of benzene rings is 1. The van der Waals surface area contributed by atoms with E-state index < -0.39 is 0 Å². The van der Waals surface area contributed by atoms with E-state index in [9.17, 15) is 0 Å². The van der Waals surface area contributed by atoms with Crippen molar-refractivity contribution >= 4 is 5.69 Å². The lowest BCUT2D eigenvalue weighted by molar-refractivity contribution is 1.04. The topological polar surface area (TPSA) is 38.9 Å². The molecule has 2 heteroatoms. The van der Waals surface area contributed by atoms with Gasteiger partial charge in [-0.2, -0.15) is 0 Å². The fourth-order valence-corrected chi connectivity index (χ4v) is 2.67. The summed E-state index contributed by atoms with van der Waals surface area (Å²) in [5, 5.41) is 0. The summed E-state index contributed by atoms with van der Waals surface area (Å²) < 4.78 is 0. The average Bonchev–Trinajstić information content (AvgIpc) is 2.48. The van der Waals surface area contributed by atoms with Crippen LogP contribution in [0, 0.1) is 6.92 Å². The minimum Gasteiger partial charge on any atom is -0.397 e. The Hall–Kier alpha value is -1.83. The molecule has 2 N–H and O–H groups in total. The lowest BCUT2D eigenvalue weighted by Crippen LogP contribution is -2.03. The first-order valence-electron chi connectivity index (χ1n) is 7.48. The summed E-state index contributed by atoms with van der Waals surface area (Å²) in [6.07, 6.45) is 4.93. The second-order valence-electron chi connectivity index (χ2n) is 5.24. The molecule has 0 aliphatic carbocycles. The Morgan fingerprint density at radius 3 is 2.10 bits per heavy atom. The molecular weight excluding hydrogens is 244 g/mol. The second kappa shape index (κ2) is 6.08. The summed E-state index contributed by atoms with van der Waals surface area (Å²) in [5.74, 6) is 0. The molecule has 2 nitrogen and oxygen atoms in total. The highest BCUT2D eigenvalue weighted by molar-refractivity contribution is 5.79. The highest BCUT2D eigenvalue weighted by Gasteiger charge is 2.15. The molecule has 0 saturated heterocycles. The molecule has 1 aromatic carbocycles. The Morgan fingerprint density at radius 2 is 1.60 bits per heavy atom. The third-order valence-electron chi connectivity index (χ3n) is 3.98. The third-order valence-corrected chi connectivity index (χ3v) is 3.98. The van der Waals surface area contributed by atoms with Crippen LogP contribution in [0.25, 0.3) is 11.3 Å². The first kappa shape index (κ1) is 14.6. The van der Waals surface area contributed by atoms with Crippen molar-refractivity contribution in [2.45, 2.75) is 47.0 Å². The number of hydrogen-bond acceptors (Lipinski definition) is 2. The molecule has 1 heterocycles. The number of rotatable bonds is 4. The van der Waals surface area contributed by atoms with Crippen LogP contribution in [0.15, 0.2) is 24.4 Å². The molecule has 0 fully saturated rings. The minimum atomic E-state index is 0.807. The smallest absolute Gasteiger partial charge is 0.0939 e. The number of aryl methyl sites for hydroxylation is 4. The summed E-state index contributed by atoms with van der Waals surface area (Å²) in [6, 6.07) is 6.58. The molecule has 0 aliphatic heterocycles. The zero-order valence-electron chi connectivity index (χ0n) is 13.0. The van der Waals surface area contributed by atoms with Gasteiger partial charge in [0.25, 0.3) is 0 Å². The van der Waals surface area contributed by atoms with Gasteiger partial charge in [-0.05, 0) is 54.5 Å². The van der Waals surface area contributed by atoms with Gasteiger partial charge in [-0.25, -0.2) is 0 Å².